The molecule has 1 rings (SSSR count). The van der Waals surface area contributed by atoms with Crippen molar-refractivity contribution >= 4 is 29.1 Å². The third-order valence-corrected chi connectivity index (χ3v) is 1.72. The summed E-state index contributed by atoms with van der Waals surface area (Å²) in [5, 5.41) is 3.17. The van der Waals surface area contributed by atoms with Crippen LogP contribution in [0.1, 0.15) is 0 Å². The van der Waals surface area contributed by atoms with Crippen molar-refractivity contribution in [3.8, 4) is 0 Å². The van der Waals surface area contributed by atoms with Crippen molar-refractivity contribution in [1.29, 1.82) is 0 Å². The Labute approximate surface area is 86.2 Å². The monoisotopic (exact) mass is 215 g/mol. The van der Waals surface area contributed by atoms with Crippen LogP contribution in [0.2, 0.25) is 5.02 Å². The maximum absolute atomic E-state index is 10.8. The van der Waals surface area contributed by atoms with E-state index >= 15 is 0 Å². The Morgan fingerprint density at radius 3 is 3.07 bits per heavy atom. The Morgan fingerprint density at radius 2 is 2.50 bits per heavy atom. The van der Waals surface area contributed by atoms with Crippen molar-refractivity contribution in [1.82, 2.24) is 4.98 Å². The summed E-state index contributed by atoms with van der Waals surface area (Å²) in [6, 6.07) is 1.55. The molecule has 76 valence electrons. The van der Waals surface area contributed by atoms with E-state index in [4.69, 9.17) is 17.3 Å². The molecule has 5 nitrogen and oxygen atoms in total. The van der Waals surface area contributed by atoms with Crippen LogP contribution in [0.5, 0.6) is 0 Å². The molecule has 0 saturated heterocycles. The van der Waals surface area contributed by atoms with Gasteiger partial charge in [0.15, 0.2) is 0 Å². The molecule has 6 heteroatoms. The molecule has 0 bridgehead atoms. The first kappa shape index (κ1) is 10.6. The van der Waals surface area contributed by atoms with E-state index in [-0.39, 0.29) is 12.5 Å². The number of hydrogen-bond donors (Lipinski definition) is 2. The molecule has 1 heterocycles. The Kier molecular flexibility index (Phi) is 3.53. The fourth-order valence-corrected chi connectivity index (χ4v) is 0.997. The summed E-state index contributed by atoms with van der Waals surface area (Å²) in [7, 11) is 1.31. The maximum Gasteiger partial charge on any atom is 0.325 e. The summed E-state index contributed by atoms with van der Waals surface area (Å²) in [5.41, 5.74) is 5.98. The lowest BCUT2D eigenvalue weighted by Crippen LogP contribution is -2.16. The molecule has 0 aromatic carbocycles. The van der Waals surface area contributed by atoms with Gasteiger partial charge < -0.3 is 15.8 Å². The number of carbonyl (C=O) groups is 1. The molecule has 0 unspecified atom stereocenters. The number of anilines is 2. The van der Waals surface area contributed by atoms with Crippen molar-refractivity contribution < 1.29 is 9.53 Å². The van der Waals surface area contributed by atoms with Crippen LogP contribution in [0.3, 0.4) is 0 Å². The number of pyridine rings is 1. The third kappa shape index (κ3) is 2.77. The highest BCUT2D eigenvalue weighted by atomic mass is 35.5. The van der Waals surface area contributed by atoms with Crippen LogP contribution in [0, 0.1) is 0 Å². The van der Waals surface area contributed by atoms with Crippen LogP contribution in [0.15, 0.2) is 12.3 Å². The number of hydrogen-bond acceptors (Lipinski definition) is 5. The standard InChI is InChI=1S/C8H10ClN3O2/c1-14-7(13)4-12-8-6(10)2-5(9)3-11-8/h2-3H,4,10H2,1H3,(H,11,12). The summed E-state index contributed by atoms with van der Waals surface area (Å²) >= 11 is 5.65. The van der Waals surface area contributed by atoms with Crippen molar-refractivity contribution in [2.45, 2.75) is 0 Å². The third-order valence-electron chi connectivity index (χ3n) is 1.51. The van der Waals surface area contributed by atoms with Gasteiger partial charge in [-0.3, -0.25) is 4.79 Å². The van der Waals surface area contributed by atoms with E-state index in [9.17, 15) is 4.79 Å². The van der Waals surface area contributed by atoms with E-state index < -0.39 is 0 Å². The van der Waals surface area contributed by atoms with Crippen LogP contribution in [0.4, 0.5) is 11.5 Å². The van der Waals surface area contributed by atoms with Crippen LogP contribution in [0.25, 0.3) is 0 Å². The van der Waals surface area contributed by atoms with Gasteiger partial charge in [-0.25, -0.2) is 4.98 Å². The van der Waals surface area contributed by atoms with Crippen molar-refractivity contribution in [2.24, 2.45) is 0 Å². The molecule has 0 aliphatic rings. The first-order valence-electron chi connectivity index (χ1n) is 3.85. The number of carbonyl (C=O) groups excluding carboxylic acids is 1. The van der Waals surface area contributed by atoms with E-state index in [1.54, 1.807) is 6.07 Å². The molecule has 0 amide bonds. The molecule has 0 saturated carbocycles. The molecular formula is C8H10ClN3O2. The molecule has 1 aromatic rings. The molecule has 0 atom stereocenters. The van der Waals surface area contributed by atoms with E-state index in [1.165, 1.54) is 13.3 Å². The van der Waals surface area contributed by atoms with E-state index in [0.717, 1.165) is 0 Å². The van der Waals surface area contributed by atoms with Crippen molar-refractivity contribution in [3.05, 3.63) is 17.3 Å². The van der Waals surface area contributed by atoms with E-state index in [0.29, 0.717) is 16.5 Å². The average molecular weight is 216 g/mol. The van der Waals surface area contributed by atoms with Gasteiger partial charge in [0, 0.05) is 6.20 Å². The number of rotatable bonds is 3. The molecule has 3 N–H and O–H groups in total. The molecule has 0 fully saturated rings. The van der Waals surface area contributed by atoms with E-state index in [2.05, 4.69) is 15.0 Å². The fourth-order valence-electron chi connectivity index (χ4n) is 0.831. The summed E-state index contributed by atoms with van der Waals surface area (Å²) in [4.78, 5) is 14.7. The molecule has 0 aliphatic heterocycles. The number of ether oxygens (including phenoxy) is 1. The normalized spacial score (nSPS) is 9.57. The Balaban J connectivity index is 2.63. The zero-order chi connectivity index (χ0) is 10.6. The van der Waals surface area contributed by atoms with Crippen LogP contribution >= 0.6 is 11.6 Å². The lowest BCUT2D eigenvalue weighted by molar-refractivity contribution is -0.138. The highest BCUT2D eigenvalue weighted by Gasteiger charge is 2.04. The van der Waals surface area contributed by atoms with Gasteiger partial charge in [0.2, 0.25) is 0 Å². The molecule has 0 aliphatic carbocycles. The van der Waals surface area contributed by atoms with Gasteiger partial charge in [-0.2, -0.15) is 0 Å². The second-order valence-electron chi connectivity index (χ2n) is 2.52. The predicted molar refractivity (Wildman–Crippen MR) is 54.2 cm³/mol. The van der Waals surface area contributed by atoms with Gasteiger partial charge >= 0.3 is 5.97 Å². The topological polar surface area (TPSA) is 77.2 Å². The highest BCUT2D eigenvalue weighted by Crippen LogP contribution is 2.18. The second-order valence-corrected chi connectivity index (χ2v) is 2.96. The molecule has 0 radical (unpaired) electrons. The van der Waals surface area contributed by atoms with Crippen molar-refractivity contribution in [3.63, 3.8) is 0 Å². The Hall–Kier alpha value is -1.49. The predicted octanol–water partition coefficient (Wildman–Crippen LogP) is 0.902. The number of nitrogens with two attached hydrogens (primary N) is 1. The molecule has 1 aromatic heterocycles. The largest absolute Gasteiger partial charge is 0.468 e. The SMILES string of the molecule is COC(=O)CNc1ncc(Cl)cc1N. The molecular weight excluding hydrogens is 206 g/mol. The number of halogens is 1. The number of nitrogen functional groups attached to an aromatic ring is 1. The lowest BCUT2D eigenvalue weighted by atomic mass is 10.4. The van der Waals surface area contributed by atoms with Gasteiger partial charge in [0.05, 0.1) is 17.8 Å². The molecule has 0 spiro atoms. The number of esters is 1. The quantitative estimate of drug-likeness (QED) is 0.733. The zero-order valence-electron chi connectivity index (χ0n) is 7.58. The highest BCUT2D eigenvalue weighted by molar-refractivity contribution is 6.30. The number of aromatic nitrogens is 1. The fraction of sp³-hybridized carbons (Fsp3) is 0.250. The van der Waals surface area contributed by atoms with Crippen LogP contribution < -0.4 is 11.1 Å². The minimum Gasteiger partial charge on any atom is -0.468 e. The molecule has 14 heavy (non-hydrogen) atoms. The first-order valence-corrected chi connectivity index (χ1v) is 4.23. The summed E-state index contributed by atoms with van der Waals surface area (Å²) < 4.78 is 4.44. The van der Waals surface area contributed by atoms with Gasteiger partial charge in [-0.1, -0.05) is 11.6 Å². The first-order chi connectivity index (χ1) is 6.63. The van der Waals surface area contributed by atoms with E-state index in [1.807, 2.05) is 0 Å². The smallest absolute Gasteiger partial charge is 0.325 e. The van der Waals surface area contributed by atoms with Gasteiger partial charge in [0.25, 0.3) is 0 Å². The minimum absolute atomic E-state index is 0.0231. The van der Waals surface area contributed by atoms with Gasteiger partial charge in [-0.05, 0) is 6.07 Å². The minimum atomic E-state index is -0.388. The summed E-state index contributed by atoms with van der Waals surface area (Å²) in [6.45, 7) is 0.0231. The average Bonchev–Trinajstić information content (AvgIpc) is 2.16. The number of nitrogens with one attached hydrogen (secondary N) is 1. The summed E-state index contributed by atoms with van der Waals surface area (Å²) in [5.74, 6) is 0.0287. The van der Waals surface area contributed by atoms with Crippen LogP contribution in [-0.2, 0) is 9.53 Å². The van der Waals surface area contributed by atoms with Crippen molar-refractivity contribution in [2.75, 3.05) is 24.7 Å². The van der Waals surface area contributed by atoms with Crippen LogP contribution in [-0.4, -0.2) is 24.6 Å². The van der Waals surface area contributed by atoms with Gasteiger partial charge in [-0.15, -0.1) is 0 Å². The number of methoxy groups -OCH3 is 1. The summed E-state index contributed by atoms with van der Waals surface area (Å²) in [6.07, 6.45) is 1.44. The maximum atomic E-state index is 10.8. The second kappa shape index (κ2) is 4.66. The Morgan fingerprint density at radius 1 is 1.79 bits per heavy atom. The van der Waals surface area contributed by atoms with Gasteiger partial charge in [0.1, 0.15) is 12.4 Å². The zero-order valence-corrected chi connectivity index (χ0v) is 8.34. The lowest BCUT2D eigenvalue weighted by Gasteiger charge is -2.06. The Bertz CT molecular complexity index is 343. The number of nitrogens with zero attached hydrogens (tertiary/aromatic N) is 1.